The average molecular weight is 367 g/mol. The van der Waals surface area contributed by atoms with Crippen LogP contribution in [0.1, 0.15) is 44.1 Å². The van der Waals surface area contributed by atoms with E-state index in [1.54, 1.807) is 19.3 Å². The van der Waals surface area contributed by atoms with Crippen LogP contribution in [-0.4, -0.2) is 25.2 Å². The molecule has 4 aliphatic carbocycles. The van der Waals surface area contributed by atoms with Gasteiger partial charge in [-0.1, -0.05) is 18.7 Å². The first-order chi connectivity index (χ1) is 13.1. The molecule has 0 atom stereocenters. The molecule has 4 bridgehead atoms. The number of carbonyl (C=O) groups is 1. The molecule has 1 N–H and O–H groups in total. The van der Waals surface area contributed by atoms with Crippen LogP contribution in [0.5, 0.6) is 11.5 Å². The van der Waals surface area contributed by atoms with Crippen molar-refractivity contribution < 1.29 is 14.3 Å². The van der Waals surface area contributed by atoms with Crippen LogP contribution < -0.4 is 14.8 Å². The molecule has 144 valence electrons. The van der Waals surface area contributed by atoms with Crippen LogP contribution >= 0.6 is 0 Å². The molecule has 4 fully saturated rings. The summed E-state index contributed by atoms with van der Waals surface area (Å²) in [5.41, 5.74) is 0.967. The third-order valence-corrected chi connectivity index (χ3v) is 6.40. The van der Waals surface area contributed by atoms with Gasteiger partial charge in [-0.15, -0.1) is 0 Å². The summed E-state index contributed by atoms with van der Waals surface area (Å²) >= 11 is 0. The molecule has 5 rings (SSSR count). The Morgan fingerprint density at radius 3 is 2.44 bits per heavy atom. The van der Waals surface area contributed by atoms with Gasteiger partial charge in [-0.3, -0.25) is 4.79 Å². The summed E-state index contributed by atoms with van der Waals surface area (Å²) in [4.78, 5) is 12.6. The molecule has 27 heavy (non-hydrogen) atoms. The van der Waals surface area contributed by atoms with Crippen molar-refractivity contribution >= 4 is 12.0 Å². The maximum Gasteiger partial charge on any atom is 0.244 e. The van der Waals surface area contributed by atoms with E-state index in [0.717, 1.165) is 23.3 Å². The van der Waals surface area contributed by atoms with Crippen molar-refractivity contribution in [3.05, 3.63) is 42.5 Å². The standard InChI is InChI=1S/C23H29NO3/c1-3-8-27-20-6-4-16(12-21(20)26-2)5-7-22(25)24-23-13-17-9-18(14-23)11-19(10-17)15-23/h3-7,12,17-19H,1,8-11,13-15H2,2H3,(H,24,25)/b7-5+. The van der Waals surface area contributed by atoms with Gasteiger partial charge < -0.3 is 14.8 Å². The summed E-state index contributed by atoms with van der Waals surface area (Å²) in [5.74, 6) is 3.82. The largest absolute Gasteiger partial charge is 0.493 e. The Labute approximate surface area is 161 Å². The lowest BCUT2D eigenvalue weighted by Gasteiger charge is -2.56. The highest BCUT2D eigenvalue weighted by atomic mass is 16.5. The van der Waals surface area contributed by atoms with Crippen molar-refractivity contribution in [1.82, 2.24) is 5.32 Å². The van der Waals surface area contributed by atoms with E-state index in [4.69, 9.17) is 9.47 Å². The second kappa shape index (κ2) is 7.41. The molecule has 0 radical (unpaired) electrons. The van der Waals surface area contributed by atoms with Crippen molar-refractivity contribution in [1.29, 1.82) is 0 Å². The second-order valence-electron chi connectivity index (χ2n) is 8.53. The van der Waals surface area contributed by atoms with Gasteiger partial charge in [0.05, 0.1) is 7.11 Å². The Bertz CT molecular complexity index is 717. The molecule has 4 aliphatic rings. The number of rotatable bonds is 7. The molecule has 4 heteroatoms. The van der Waals surface area contributed by atoms with E-state index in [1.165, 1.54) is 38.5 Å². The van der Waals surface area contributed by atoms with E-state index in [9.17, 15) is 4.79 Å². The molecule has 1 aromatic rings. The van der Waals surface area contributed by atoms with Gasteiger partial charge in [-0.05, 0) is 80.1 Å². The Hall–Kier alpha value is -2.23. The van der Waals surface area contributed by atoms with Crippen LogP contribution in [0.4, 0.5) is 0 Å². The van der Waals surface area contributed by atoms with Crippen LogP contribution in [0.3, 0.4) is 0 Å². The lowest BCUT2D eigenvalue weighted by atomic mass is 9.53. The zero-order chi connectivity index (χ0) is 18.9. The first-order valence-electron chi connectivity index (χ1n) is 10.0. The summed E-state index contributed by atoms with van der Waals surface area (Å²) < 4.78 is 11.0. The predicted molar refractivity (Wildman–Crippen MR) is 107 cm³/mol. The highest BCUT2D eigenvalue weighted by Gasteiger charge is 2.51. The van der Waals surface area contributed by atoms with Gasteiger partial charge in [-0.2, -0.15) is 0 Å². The summed E-state index contributed by atoms with van der Waals surface area (Å²) in [7, 11) is 1.61. The number of nitrogens with one attached hydrogen (secondary N) is 1. The number of amides is 1. The summed E-state index contributed by atoms with van der Waals surface area (Å²) in [6.07, 6.45) is 12.8. The van der Waals surface area contributed by atoms with Crippen molar-refractivity contribution in [3.63, 3.8) is 0 Å². The number of hydrogen-bond donors (Lipinski definition) is 1. The van der Waals surface area contributed by atoms with Crippen LogP contribution in [0.15, 0.2) is 36.9 Å². The molecule has 4 saturated carbocycles. The molecule has 0 saturated heterocycles. The lowest BCUT2D eigenvalue weighted by molar-refractivity contribution is -0.122. The van der Waals surface area contributed by atoms with Gasteiger partial charge >= 0.3 is 0 Å². The highest BCUT2D eigenvalue weighted by Crippen LogP contribution is 2.55. The first-order valence-corrected chi connectivity index (χ1v) is 10.0. The SMILES string of the molecule is C=CCOc1ccc(/C=C/C(=O)NC23CC4CC(CC(C4)C2)C3)cc1OC. The Morgan fingerprint density at radius 2 is 1.85 bits per heavy atom. The maximum atomic E-state index is 12.6. The van der Waals surface area contributed by atoms with Crippen molar-refractivity contribution in [2.24, 2.45) is 17.8 Å². The summed E-state index contributed by atoms with van der Waals surface area (Å²) in [5, 5.41) is 3.37. The van der Waals surface area contributed by atoms with Crippen LogP contribution in [0.25, 0.3) is 6.08 Å². The third-order valence-electron chi connectivity index (χ3n) is 6.40. The normalized spacial score (nSPS) is 31.1. The molecule has 0 spiro atoms. The molecular formula is C23H29NO3. The van der Waals surface area contributed by atoms with Gasteiger partial charge in [0.1, 0.15) is 6.61 Å². The Morgan fingerprint density at radius 1 is 1.19 bits per heavy atom. The van der Waals surface area contributed by atoms with Crippen LogP contribution in [0.2, 0.25) is 0 Å². The van der Waals surface area contributed by atoms with Gasteiger partial charge in [0.25, 0.3) is 0 Å². The summed E-state index contributed by atoms with van der Waals surface area (Å²) in [6, 6.07) is 5.67. The zero-order valence-corrected chi connectivity index (χ0v) is 16.1. The fraction of sp³-hybridized carbons (Fsp3) is 0.522. The van der Waals surface area contributed by atoms with Crippen LogP contribution in [-0.2, 0) is 4.79 Å². The molecule has 0 aromatic heterocycles. The van der Waals surface area contributed by atoms with Gasteiger partial charge in [0, 0.05) is 11.6 Å². The molecular weight excluding hydrogens is 338 g/mol. The number of hydrogen-bond acceptors (Lipinski definition) is 3. The molecule has 0 heterocycles. The minimum Gasteiger partial charge on any atom is -0.493 e. The van der Waals surface area contributed by atoms with Gasteiger partial charge in [0.15, 0.2) is 11.5 Å². The highest BCUT2D eigenvalue weighted by molar-refractivity contribution is 5.92. The molecule has 4 nitrogen and oxygen atoms in total. The minimum absolute atomic E-state index is 0.0166. The Kier molecular flexibility index (Phi) is 4.98. The van der Waals surface area contributed by atoms with Gasteiger partial charge in [0.2, 0.25) is 5.91 Å². The number of ether oxygens (including phenoxy) is 2. The monoisotopic (exact) mass is 367 g/mol. The van der Waals surface area contributed by atoms with Crippen molar-refractivity contribution in [2.45, 2.75) is 44.1 Å². The quantitative estimate of drug-likeness (QED) is 0.575. The third kappa shape index (κ3) is 3.90. The first kappa shape index (κ1) is 18.1. The Balaban J connectivity index is 1.41. The average Bonchev–Trinajstić information content (AvgIpc) is 2.63. The second-order valence-corrected chi connectivity index (χ2v) is 8.53. The summed E-state index contributed by atoms with van der Waals surface area (Å²) in [6.45, 7) is 4.08. The van der Waals surface area contributed by atoms with Crippen molar-refractivity contribution in [3.8, 4) is 11.5 Å². The fourth-order valence-electron chi connectivity index (χ4n) is 5.79. The predicted octanol–water partition coefficient (Wildman–Crippen LogP) is 4.36. The minimum atomic E-state index is 0.0166. The number of methoxy groups -OCH3 is 1. The number of benzene rings is 1. The maximum absolute atomic E-state index is 12.6. The van der Waals surface area contributed by atoms with E-state index in [2.05, 4.69) is 11.9 Å². The lowest BCUT2D eigenvalue weighted by Crippen LogP contribution is -2.59. The van der Waals surface area contributed by atoms with Gasteiger partial charge in [-0.25, -0.2) is 0 Å². The molecule has 1 aromatic carbocycles. The zero-order valence-electron chi connectivity index (χ0n) is 16.1. The topological polar surface area (TPSA) is 47.6 Å². The fourth-order valence-corrected chi connectivity index (χ4v) is 5.79. The van der Waals surface area contributed by atoms with E-state index in [1.807, 2.05) is 24.3 Å². The number of carbonyl (C=O) groups excluding carboxylic acids is 1. The van der Waals surface area contributed by atoms with Crippen molar-refractivity contribution in [2.75, 3.05) is 13.7 Å². The van der Waals surface area contributed by atoms with E-state index in [0.29, 0.717) is 18.1 Å². The molecule has 0 aliphatic heterocycles. The van der Waals surface area contributed by atoms with E-state index in [-0.39, 0.29) is 11.4 Å². The van der Waals surface area contributed by atoms with E-state index >= 15 is 0 Å². The smallest absolute Gasteiger partial charge is 0.244 e. The van der Waals surface area contributed by atoms with Crippen LogP contribution in [0, 0.1) is 17.8 Å². The molecule has 0 unspecified atom stereocenters. The molecule has 1 amide bonds. The van der Waals surface area contributed by atoms with E-state index < -0.39 is 0 Å².